The highest BCUT2D eigenvalue weighted by atomic mass is 32.2. The molecule has 0 spiro atoms. The van der Waals surface area contributed by atoms with E-state index in [-0.39, 0.29) is 11.7 Å². The SMILES string of the molecule is Cc1ccc(Cn2c(SCC(=O)N3CCOCC3)nc3c2c(=O)n(C)c(=O)n3C)cc1. The van der Waals surface area contributed by atoms with Crippen molar-refractivity contribution >= 4 is 28.8 Å². The van der Waals surface area contributed by atoms with E-state index in [1.807, 2.05) is 31.2 Å². The van der Waals surface area contributed by atoms with Crippen molar-refractivity contribution in [2.24, 2.45) is 14.1 Å². The highest BCUT2D eigenvalue weighted by Gasteiger charge is 2.22. The van der Waals surface area contributed by atoms with Gasteiger partial charge in [0.15, 0.2) is 16.3 Å². The maximum Gasteiger partial charge on any atom is 0.332 e. The summed E-state index contributed by atoms with van der Waals surface area (Å²) in [5.74, 6) is 0.204. The molecule has 1 aromatic carbocycles. The van der Waals surface area contributed by atoms with Gasteiger partial charge in [-0.25, -0.2) is 9.78 Å². The minimum atomic E-state index is -0.432. The van der Waals surface area contributed by atoms with Gasteiger partial charge in [0.1, 0.15) is 0 Å². The Hall–Kier alpha value is -2.85. The van der Waals surface area contributed by atoms with Crippen LogP contribution < -0.4 is 11.2 Å². The summed E-state index contributed by atoms with van der Waals surface area (Å²) in [6.45, 7) is 4.67. The van der Waals surface area contributed by atoms with Gasteiger partial charge in [-0.1, -0.05) is 41.6 Å². The summed E-state index contributed by atoms with van der Waals surface area (Å²) in [6.07, 6.45) is 0. The Morgan fingerprint density at radius 2 is 1.77 bits per heavy atom. The minimum absolute atomic E-state index is 0.00373. The first kappa shape index (κ1) is 21.4. The average Bonchev–Trinajstić information content (AvgIpc) is 3.15. The molecule has 0 N–H and O–H groups in total. The van der Waals surface area contributed by atoms with Gasteiger partial charge < -0.3 is 14.2 Å². The maximum atomic E-state index is 13.0. The van der Waals surface area contributed by atoms with Crippen LogP contribution in [0.15, 0.2) is 39.0 Å². The molecule has 4 rings (SSSR count). The lowest BCUT2D eigenvalue weighted by molar-refractivity contribution is -0.132. The smallest absolute Gasteiger partial charge is 0.332 e. The highest BCUT2D eigenvalue weighted by Crippen LogP contribution is 2.23. The van der Waals surface area contributed by atoms with E-state index in [1.54, 1.807) is 16.5 Å². The lowest BCUT2D eigenvalue weighted by Crippen LogP contribution is -2.41. The second-order valence-corrected chi connectivity index (χ2v) is 8.57. The number of nitrogens with zero attached hydrogens (tertiary/aromatic N) is 5. The molecular weight excluding hydrogens is 418 g/mol. The van der Waals surface area contributed by atoms with E-state index in [1.165, 1.54) is 23.4 Å². The van der Waals surface area contributed by atoms with Crippen molar-refractivity contribution < 1.29 is 9.53 Å². The number of thioether (sulfide) groups is 1. The van der Waals surface area contributed by atoms with Gasteiger partial charge in [0, 0.05) is 27.2 Å². The van der Waals surface area contributed by atoms with Gasteiger partial charge in [-0.3, -0.25) is 18.7 Å². The fraction of sp³-hybridized carbons (Fsp3) is 0.429. The molecule has 0 atom stereocenters. The normalized spacial score (nSPS) is 14.4. The summed E-state index contributed by atoms with van der Waals surface area (Å²) in [5.41, 5.74) is 1.99. The first-order chi connectivity index (χ1) is 14.9. The number of amides is 1. The Labute approximate surface area is 183 Å². The number of hydrogen-bond acceptors (Lipinski definition) is 6. The molecule has 2 aromatic heterocycles. The van der Waals surface area contributed by atoms with Crippen LogP contribution >= 0.6 is 11.8 Å². The predicted molar refractivity (Wildman–Crippen MR) is 119 cm³/mol. The first-order valence-electron chi connectivity index (χ1n) is 10.1. The summed E-state index contributed by atoms with van der Waals surface area (Å²) in [5, 5.41) is 0.537. The van der Waals surface area contributed by atoms with E-state index in [9.17, 15) is 14.4 Å². The van der Waals surface area contributed by atoms with Crippen molar-refractivity contribution in [3.8, 4) is 0 Å². The van der Waals surface area contributed by atoms with Gasteiger partial charge in [-0.05, 0) is 12.5 Å². The minimum Gasteiger partial charge on any atom is -0.378 e. The third-order valence-electron chi connectivity index (χ3n) is 5.46. The Morgan fingerprint density at radius 1 is 1.10 bits per heavy atom. The summed E-state index contributed by atoms with van der Waals surface area (Å²) < 4.78 is 9.57. The molecule has 10 heteroatoms. The monoisotopic (exact) mass is 443 g/mol. The summed E-state index contributed by atoms with van der Waals surface area (Å²) in [6, 6.07) is 8.02. The van der Waals surface area contributed by atoms with Crippen molar-refractivity contribution in [2.45, 2.75) is 18.6 Å². The third-order valence-corrected chi connectivity index (χ3v) is 6.42. The summed E-state index contributed by atoms with van der Waals surface area (Å²) >= 11 is 1.28. The highest BCUT2D eigenvalue weighted by molar-refractivity contribution is 7.99. The molecule has 1 amide bonds. The number of carbonyl (C=O) groups excluding carboxylic acids is 1. The number of ether oxygens (including phenoxy) is 1. The van der Waals surface area contributed by atoms with Crippen LogP contribution in [0.4, 0.5) is 0 Å². The molecule has 3 aromatic rings. The molecule has 1 fully saturated rings. The van der Waals surface area contributed by atoms with Crippen LogP contribution in [0.5, 0.6) is 0 Å². The van der Waals surface area contributed by atoms with Gasteiger partial charge in [0.05, 0.1) is 25.5 Å². The van der Waals surface area contributed by atoms with Crippen molar-refractivity contribution in [1.29, 1.82) is 0 Å². The number of fused-ring (bicyclic) bond motifs is 1. The average molecular weight is 444 g/mol. The van der Waals surface area contributed by atoms with Crippen molar-refractivity contribution in [1.82, 2.24) is 23.6 Å². The fourth-order valence-electron chi connectivity index (χ4n) is 3.59. The lowest BCUT2D eigenvalue weighted by atomic mass is 10.1. The molecule has 0 bridgehead atoms. The quantitative estimate of drug-likeness (QED) is 0.541. The number of benzene rings is 1. The summed E-state index contributed by atoms with van der Waals surface area (Å²) in [7, 11) is 3.06. The summed E-state index contributed by atoms with van der Waals surface area (Å²) in [4.78, 5) is 44.3. The molecule has 0 unspecified atom stereocenters. The van der Waals surface area contributed by atoms with Gasteiger partial charge in [-0.2, -0.15) is 0 Å². The third kappa shape index (κ3) is 4.17. The topological polar surface area (TPSA) is 91.4 Å². The number of hydrogen-bond donors (Lipinski definition) is 0. The van der Waals surface area contributed by atoms with E-state index >= 15 is 0 Å². The van der Waals surface area contributed by atoms with Crippen LogP contribution in [0.1, 0.15) is 11.1 Å². The van der Waals surface area contributed by atoms with Crippen molar-refractivity contribution in [3.63, 3.8) is 0 Å². The molecule has 9 nitrogen and oxygen atoms in total. The maximum absolute atomic E-state index is 13.0. The second-order valence-electron chi connectivity index (χ2n) is 7.63. The Morgan fingerprint density at radius 3 is 2.45 bits per heavy atom. The van der Waals surface area contributed by atoms with Gasteiger partial charge >= 0.3 is 5.69 Å². The fourth-order valence-corrected chi connectivity index (χ4v) is 4.49. The van der Waals surface area contributed by atoms with Crippen LogP contribution in [0.25, 0.3) is 11.2 Å². The molecule has 0 saturated carbocycles. The molecule has 0 aliphatic carbocycles. The Balaban J connectivity index is 1.74. The molecule has 31 heavy (non-hydrogen) atoms. The molecule has 1 aliphatic heterocycles. The Kier molecular flexibility index (Phi) is 6.01. The zero-order valence-electron chi connectivity index (χ0n) is 17.8. The lowest BCUT2D eigenvalue weighted by Gasteiger charge is -2.26. The molecule has 3 heterocycles. The number of morpholine rings is 1. The zero-order valence-corrected chi connectivity index (χ0v) is 18.6. The zero-order chi connectivity index (χ0) is 22.1. The molecule has 1 aliphatic rings. The largest absolute Gasteiger partial charge is 0.378 e. The van der Waals surface area contributed by atoms with Gasteiger partial charge in [-0.15, -0.1) is 0 Å². The van der Waals surface area contributed by atoms with E-state index in [0.717, 1.165) is 15.7 Å². The van der Waals surface area contributed by atoms with Gasteiger partial charge in [0.25, 0.3) is 5.56 Å². The van der Waals surface area contributed by atoms with E-state index < -0.39 is 11.2 Å². The number of imidazole rings is 1. The number of aromatic nitrogens is 4. The molecule has 164 valence electrons. The van der Waals surface area contributed by atoms with Crippen LogP contribution in [0, 0.1) is 6.92 Å². The molecule has 0 radical (unpaired) electrons. The second kappa shape index (κ2) is 8.72. The number of aryl methyl sites for hydroxylation is 2. The standard InChI is InChI=1S/C21H25N5O4S/c1-14-4-6-15(7-5-14)12-26-17-18(23(2)21(29)24(3)19(17)28)22-20(26)31-13-16(27)25-8-10-30-11-9-25/h4-7H,8-13H2,1-3H3. The van der Waals surface area contributed by atoms with Crippen molar-refractivity contribution in [2.75, 3.05) is 32.1 Å². The molecule has 1 saturated heterocycles. The van der Waals surface area contributed by atoms with Crippen LogP contribution in [-0.2, 0) is 30.2 Å². The van der Waals surface area contributed by atoms with E-state index in [0.29, 0.717) is 49.2 Å². The van der Waals surface area contributed by atoms with E-state index in [2.05, 4.69) is 4.98 Å². The Bertz CT molecular complexity index is 1240. The first-order valence-corrected chi connectivity index (χ1v) is 11.1. The molecular formula is C21H25N5O4S. The number of carbonyl (C=O) groups is 1. The predicted octanol–water partition coefficient (Wildman–Crippen LogP) is 0.741. The van der Waals surface area contributed by atoms with Gasteiger partial charge in [0.2, 0.25) is 5.91 Å². The number of rotatable bonds is 5. The van der Waals surface area contributed by atoms with Crippen molar-refractivity contribution in [3.05, 3.63) is 56.2 Å². The van der Waals surface area contributed by atoms with Crippen LogP contribution in [0.3, 0.4) is 0 Å². The van der Waals surface area contributed by atoms with Crippen LogP contribution in [-0.4, -0.2) is 61.5 Å². The van der Waals surface area contributed by atoms with Crippen LogP contribution in [0.2, 0.25) is 0 Å². The van der Waals surface area contributed by atoms with E-state index in [4.69, 9.17) is 4.74 Å².